The van der Waals surface area contributed by atoms with Crippen LogP contribution in [0.15, 0.2) is 35.3 Å². The Kier molecular flexibility index (Phi) is 13.1. The van der Waals surface area contributed by atoms with Crippen LogP contribution in [0.4, 0.5) is 0 Å². The average molecular weight is 495 g/mol. The summed E-state index contributed by atoms with van der Waals surface area (Å²) in [5.74, 6) is 1.71. The summed E-state index contributed by atoms with van der Waals surface area (Å²) in [4.78, 5) is 4.20. The number of rotatable bonds is 9. The summed E-state index contributed by atoms with van der Waals surface area (Å²) in [7, 11) is 0.886. The predicted molar refractivity (Wildman–Crippen MR) is 123 cm³/mol. The fourth-order valence-corrected chi connectivity index (χ4v) is 2.97. The lowest BCUT2D eigenvalue weighted by Gasteiger charge is -2.19. The van der Waals surface area contributed by atoms with E-state index in [0.717, 1.165) is 12.5 Å². The first-order valence-electron chi connectivity index (χ1n) is 8.77. The van der Waals surface area contributed by atoms with Gasteiger partial charge in [-0.1, -0.05) is 37.3 Å². The summed E-state index contributed by atoms with van der Waals surface area (Å²) < 4.78 is 17.6. The van der Waals surface area contributed by atoms with Crippen LogP contribution in [0.25, 0.3) is 0 Å². The molecule has 2 unspecified atom stereocenters. The van der Waals surface area contributed by atoms with Crippen LogP contribution in [0.2, 0.25) is 0 Å². The molecular formula is C19H34IN3O2S. The minimum Gasteiger partial charge on any atom is -0.376 e. The van der Waals surface area contributed by atoms with Crippen LogP contribution >= 0.6 is 24.0 Å². The molecular weight excluding hydrogens is 461 g/mol. The maximum atomic E-state index is 12.0. The van der Waals surface area contributed by atoms with Gasteiger partial charge in [-0.2, -0.15) is 0 Å². The van der Waals surface area contributed by atoms with Crippen LogP contribution in [0.5, 0.6) is 0 Å². The van der Waals surface area contributed by atoms with Crippen LogP contribution < -0.4 is 10.6 Å². The molecule has 26 heavy (non-hydrogen) atoms. The minimum absolute atomic E-state index is 0. The number of hydrogen-bond donors (Lipinski definition) is 2. The molecule has 0 amide bonds. The van der Waals surface area contributed by atoms with Crippen LogP contribution in [0.1, 0.15) is 33.3 Å². The van der Waals surface area contributed by atoms with Gasteiger partial charge < -0.3 is 15.4 Å². The van der Waals surface area contributed by atoms with Crippen molar-refractivity contribution < 1.29 is 8.95 Å². The number of aliphatic imine (C=N–C) groups is 1. The van der Waals surface area contributed by atoms with Gasteiger partial charge >= 0.3 is 0 Å². The Labute approximate surface area is 178 Å². The third-order valence-corrected chi connectivity index (χ3v) is 5.56. The van der Waals surface area contributed by atoms with E-state index in [1.54, 1.807) is 7.05 Å². The van der Waals surface area contributed by atoms with Crippen molar-refractivity contribution >= 4 is 40.7 Å². The summed E-state index contributed by atoms with van der Waals surface area (Å²) in [5, 5.41) is 6.51. The molecule has 0 aliphatic carbocycles. The largest absolute Gasteiger partial charge is 0.376 e. The molecule has 0 saturated heterocycles. The van der Waals surface area contributed by atoms with Crippen LogP contribution in [-0.4, -0.2) is 47.4 Å². The molecule has 0 radical (unpaired) electrons. The van der Waals surface area contributed by atoms with E-state index in [0.29, 0.717) is 31.4 Å². The minimum atomic E-state index is -0.856. The van der Waals surface area contributed by atoms with E-state index in [4.69, 9.17) is 4.74 Å². The van der Waals surface area contributed by atoms with Crippen molar-refractivity contribution in [1.82, 2.24) is 10.6 Å². The van der Waals surface area contributed by atoms with E-state index in [2.05, 4.69) is 34.7 Å². The number of nitrogens with zero attached hydrogens (tertiary/aromatic N) is 1. The van der Waals surface area contributed by atoms with E-state index < -0.39 is 10.8 Å². The number of benzene rings is 1. The van der Waals surface area contributed by atoms with E-state index in [1.165, 1.54) is 5.56 Å². The Hall–Kier alpha value is -0.670. The second-order valence-corrected chi connectivity index (χ2v) is 9.47. The Morgan fingerprint density at radius 1 is 1.23 bits per heavy atom. The molecule has 0 aliphatic heterocycles. The second kappa shape index (κ2) is 13.5. The summed E-state index contributed by atoms with van der Waals surface area (Å²) in [5.41, 5.74) is 1.19. The molecule has 0 aromatic heterocycles. The van der Waals surface area contributed by atoms with E-state index in [9.17, 15) is 4.21 Å². The Bertz CT molecular complexity index is 547. The smallest absolute Gasteiger partial charge is 0.191 e. The number of ether oxygens (including phenoxy) is 1. The topological polar surface area (TPSA) is 62.7 Å². The van der Waals surface area contributed by atoms with Crippen molar-refractivity contribution in [3.8, 4) is 0 Å². The first-order valence-corrected chi connectivity index (χ1v) is 10.1. The van der Waals surface area contributed by atoms with Gasteiger partial charge in [-0.15, -0.1) is 24.0 Å². The average Bonchev–Trinajstić information content (AvgIpc) is 2.57. The Balaban J connectivity index is 0.00000625. The number of halogens is 1. The van der Waals surface area contributed by atoms with Crippen molar-refractivity contribution in [1.29, 1.82) is 0 Å². The molecule has 0 spiro atoms. The molecule has 5 nitrogen and oxygen atoms in total. The molecule has 1 aromatic rings. The van der Waals surface area contributed by atoms with Gasteiger partial charge in [0.05, 0.1) is 13.2 Å². The SMILES string of the molecule is CN=C(NCCS(=O)C(C)(C)C)NCC(C)COCc1ccccc1.I. The maximum Gasteiger partial charge on any atom is 0.191 e. The third-order valence-electron chi connectivity index (χ3n) is 3.62. The molecule has 0 fully saturated rings. The quantitative estimate of drug-likeness (QED) is 0.314. The number of hydrogen-bond acceptors (Lipinski definition) is 3. The lowest BCUT2D eigenvalue weighted by molar-refractivity contribution is 0.0931. The number of nitrogens with one attached hydrogen (secondary N) is 2. The van der Waals surface area contributed by atoms with Crippen molar-refractivity contribution in [3.63, 3.8) is 0 Å². The maximum absolute atomic E-state index is 12.0. The lowest BCUT2D eigenvalue weighted by Crippen LogP contribution is -2.42. The fraction of sp³-hybridized carbons (Fsp3) is 0.632. The van der Waals surface area contributed by atoms with Gasteiger partial charge in [0.2, 0.25) is 0 Å². The van der Waals surface area contributed by atoms with Crippen molar-refractivity contribution in [2.24, 2.45) is 10.9 Å². The molecule has 2 N–H and O–H groups in total. The second-order valence-electron chi connectivity index (χ2n) is 7.15. The molecule has 2 atom stereocenters. The zero-order chi connectivity index (χ0) is 18.7. The molecule has 0 aliphatic rings. The molecule has 7 heteroatoms. The summed E-state index contributed by atoms with van der Waals surface area (Å²) in [6, 6.07) is 10.2. The van der Waals surface area contributed by atoms with Crippen LogP contribution in [-0.2, 0) is 22.1 Å². The van der Waals surface area contributed by atoms with Gasteiger partial charge in [-0.25, -0.2) is 0 Å². The number of guanidine groups is 1. The van der Waals surface area contributed by atoms with Crippen LogP contribution in [0, 0.1) is 5.92 Å². The van der Waals surface area contributed by atoms with Gasteiger partial charge in [0.25, 0.3) is 0 Å². The summed E-state index contributed by atoms with van der Waals surface area (Å²) >= 11 is 0. The molecule has 150 valence electrons. The van der Waals surface area contributed by atoms with E-state index in [-0.39, 0.29) is 28.7 Å². The molecule has 0 bridgehead atoms. The van der Waals surface area contributed by atoms with Gasteiger partial charge in [0, 0.05) is 41.4 Å². The van der Waals surface area contributed by atoms with Crippen molar-refractivity contribution in [3.05, 3.63) is 35.9 Å². The molecule has 0 saturated carbocycles. The fourth-order valence-electron chi connectivity index (χ4n) is 2.07. The van der Waals surface area contributed by atoms with Gasteiger partial charge in [0.15, 0.2) is 5.96 Å². The highest BCUT2D eigenvalue weighted by Gasteiger charge is 2.18. The predicted octanol–water partition coefficient (Wildman–Crippen LogP) is 3.17. The zero-order valence-electron chi connectivity index (χ0n) is 16.6. The molecule has 1 rings (SSSR count). The zero-order valence-corrected chi connectivity index (χ0v) is 19.7. The summed E-state index contributed by atoms with van der Waals surface area (Å²) in [6.07, 6.45) is 0. The van der Waals surface area contributed by atoms with Crippen molar-refractivity contribution in [2.75, 3.05) is 32.5 Å². The van der Waals surface area contributed by atoms with Gasteiger partial charge in [0.1, 0.15) is 0 Å². The summed E-state index contributed by atoms with van der Waals surface area (Å²) in [6.45, 7) is 10.9. The highest BCUT2D eigenvalue weighted by Crippen LogP contribution is 2.10. The van der Waals surface area contributed by atoms with E-state index in [1.807, 2.05) is 39.0 Å². The molecule has 1 aromatic carbocycles. The van der Waals surface area contributed by atoms with Crippen LogP contribution in [0.3, 0.4) is 0 Å². The highest BCUT2D eigenvalue weighted by atomic mass is 127. The standard InChI is InChI=1S/C19H33N3O2S.HI/c1-16(14-24-15-17-9-7-6-8-10-17)13-22-18(20-5)21-11-12-25(23)19(2,3)4;/h6-10,16H,11-15H2,1-5H3,(H2,20,21,22);1H. The van der Waals surface area contributed by atoms with Gasteiger partial charge in [-0.3, -0.25) is 9.20 Å². The third kappa shape index (κ3) is 11.1. The normalized spacial score (nSPS) is 14.3. The van der Waals surface area contributed by atoms with Crippen molar-refractivity contribution in [2.45, 2.75) is 39.0 Å². The first-order chi connectivity index (χ1) is 11.8. The van der Waals surface area contributed by atoms with Gasteiger partial charge in [-0.05, 0) is 32.3 Å². The monoisotopic (exact) mass is 495 g/mol. The molecule has 0 heterocycles. The van der Waals surface area contributed by atoms with E-state index >= 15 is 0 Å². The first kappa shape index (κ1) is 25.3. The Morgan fingerprint density at radius 2 is 1.88 bits per heavy atom. The highest BCUT2D eigenvalue weighted by molar-refractivity contribution is 14.0. The lowest BCUT2D eigenvalue weighted by atomic mass is 10.2. The Morgan fingerprint density at radius 3 is 2.46 bits per heavy atom.